The van der Waals surface area contributed by atoms with Crippen molar-refractivity contribution in [1.29, 1.82) is 0 Å². The molecular formula is C21H19N3O2. The van der Waals surface area contributed by atoms with Crippen molar-refractivity contribution >= 4 is 34.2 Å². The minimum absolute atomic E-state index is 0.0136. The van der Waals surface area contributed by atoms with Crippen LogP contribution in [0.1, 0.15) is 18.4 Å². The van der Waals surface area contributed by atoms with E-state index in [1.807, 2.05) is 54.6 Å². The minimum atomic E-state index is -0.180. The largest absolute Gasteiger partial charge is 0.326 e. The monoisotopic (exact) mass is 345 g/mol. The molecule has 2 heterocycles. The fraction of sp³-hybridized carbons (Fsp3) is 0.190. The van der Waals surface area contributed by atoms with E-state index < -0.39 is 0 Å². The molecule has 5 heteroatoms. The first-order valence-corrected chi connectivity index (χ1v) is 8.73. The van der Waals surface area contributed by atoms with E-state index in [0.29, 0.717) is 18.7 Å². The Labute approximate surface area is 151 Å². The van der Waals surface area contributed by atoms with Gasteiger partial charge >= 0.3 is 0 Å². The fourth-order valence-electron chi connectivity index (χ4n) is 3.29. The zero-order valence-electron chi connectivity index (χ0n) is 14.2. The maximum absolute atomic E-state index is 12.3. The van der Waals surface area contributed by atoms with Gasteiger partial charge in [-0.15, -0.1) is 0 Å². The van der Waals surface area contributed by atoms with E-state index >= 15 is 0 Å². The lowest BCUT2D eigenvalue weighted by Crippen LogP contribution is -2.30. The number of hydrogen-bond donors (Lipinski definition) is 2. The van der Waals surface area contributed by atoms with Crippen molar-refractivity contribution in [1.82, 2.24) is 4.98 Å². The molecule has 2 amide bonds. The first-order valence-electron chi connectivity index (χ1n) is 8.73. The molecule has 0 bridgehead atoms. The number of aromatic nitrogens is 1. The van der Waals surface area contributed by atoms with E-state index in [1.54, 1.807) is 6.07 Å². The third-order valence-electron chi connectivity index (χ3n) is 4.70. The fourth-order valence-corrected chi connectivity index (χ4v) is 3.29. The Bertz CT molecular complexity index is 984. The Balaban J connectivity index is 1.37. The molecule has 0 spiro atoms. The summed E-state index contributed by atoms with van der Waals surface area (Å²) in [6.07, 6.45) is 1.47. The summed E-state index contributed by atoms with van der Waals surface area (Å²) in [6, 6.07) is 19.3. The molecule has 3 aromatic rings. The van der Waals surface area contributed by atoms with Gasteiger partial charge in [0.05, 0.1) is 5.52 Å². The standard InChI is InChI=1S/C21H19N3O2/c25-20(24-19-11-9-14-5-1-3-7-17(14)22-19)12-10-16-13-15-6-2-4-8-18(15)23-21(16)26/h1-9,11,16H,10,12-13H2,(H,23,26)(H,22,24,25). The van der Waals surface area contributed by atoms with Crippen molar-refractivity contribution in [2.24, 2.45) is 5.92 Å². The summed E-state index contributed by atoms with van der Waals surface area (Å²) < 4.78 is 0. The van der Waals surface area contributed by atoms with Gasteiger partial charge in [0.25, 0.3) is 0 Å². The van der Waals surface area contributed by atoms with Crippen LogP contribution in [-0.4, -0.2) is 16.8 Å². The molecule has 5 nitrogen and oxygen atoms in total. The first-order chi connectivity index (χ1) is 12.7. The number of fused-ring (bicyclic) bond motifs is 2. The molecule has 1 unspecified atom stereocenters. The topological polar surface area (TPSA) is 71.1 Å². The van der Waals surface area contributed by atoms with Gasteiger partial charge in [-0.1, -0.05) is 36.4 Å². The number of nitrogens with one attached hydrogen (secondary N) is 2. The summed E-state index contributed by atoms with van der Waals surface area (Å²) in [7, 11) is 0. The normalized spacial score (nSPS) is 16.0. The van der Waals surface area contributed by atoms with Gasteiger partial charge in [0.1, 0.15) is 5.82 Å². The lowest BCUT2D eigenvalue weighted by molar-refractivity contribution is -0.121. The van der Waals surface area contributed by atoms with Crippen LogP contribution in [0.25, 0.3) is 10.9 Å². The van der Waals surface area contributed by atoms with Crippen LogP contribution in [0.5, 0.6) is 0 Å². The van der Waals surface area contributed by atoms with Crippen LogP contribution in [0.2, 0.25) is 0 Å². The highest BCUT2D eigenvalue weighted by molar-refractivity contribution is 5.96. The maximum Gasteiger partial charge on any atom is 0.227 e. The second-order valence-corrected chi connectivity index (χ2v) is 6.52. The molecule has 1 aliphatic heterocycles. The highest BCUT2D eigenvalue weighted by Gasteiger charge is 2.26. The van der Waals surface area contributed by atoms with Gasteiger partial charge in [0, 0.05) is 23.4 Å². The second kappa shape index (κ2) is 6.96. The molecule has 26 heavy (non-hydrogen) atoms. The van der Waals surface area contributed by atoms with Crippen LogP contribution in [0.15, 0.2) is 60.7 Å². The predicted octanol–water partition coefficient (Wildman–Crippen LogP) is 3.76. The summed E-state index contributed by atoms with van der Waals surface area (Å²) in [5.74, 6) is 0.215. The van der Waals surface area contributed by atoms with Gasteiger partial charge in [0.2, 0.25) is 11.8 Å². The van der Waals surface area contributed by atoms with Gasteiger partial charge in [-0.05, 0) is 42.7 Å². The van der Waals surface area contributed by atoms with Gasteiger partial charge in [-0.25, -0.2) is 4.98 Å². The van der Waals surface area contributed by atoms with Crippen molar-refractivity contribution < 1.29 is 9.59 Å². The highest BCUT2D eigenvalue weighted by Crippen LogP contribution is 2.27. The Kier molecular flexibility index (Phi) is 4.35. The third-order valence-corrected chi connectivity index (χ3v) is 4.70. The number of nitrogens with zero attached hydrogens (tertiary/aromatic N) is 1. The molecule has 1 aliphatic rings. The molecule has 4 rings (SSSR count). The quantitative estimate of drug-likeness (QED) is 0.756. The maximum atomic E-state index is 12.3. The number of pyridine rings is 1. The SMILES string of the molecule is O=C(CCC1Cc2ccccc2NC1=O)Nc1ccc2ccccc2n1. The predicted molar refractivity (Wildman–Crippen MR) is 102 cm³/mol. The number of carbonyl (C=O) groups excluding carboxylic acids is 2. The van der Waals surface area contributed by atoms with E-state index in [4.69, 9.17) is 0 Å². The average molecular weight is 345 g/mol. The van der Waals surface area contributed by atoms with Crippen molar-refractivity contribution in [2.45, 2.75) is 19.3 Å². The molecule has 0 aliphatic carbocycles. The molecular weight excluding hydrogens is 326 g/mol. The number of rotatable bonds is 4. The molecule has 2 aromatic carbocycles. The van der Waals surface area contributed by atoms with Crippen LogP contribution in [-0.2, 0) is 16.0 Å². The summed E-state index contributed by atoms with van der Waals surface area (Å²) in [5, 5.41) is 6.78. The van der Waals surface area contributed by atoms with Gasteiger partial charge in [0.15, 0.2) is 0 Å². The van der Waals surface area contributed by atoms with Crippen molar-refractivity contribution in [3.63, 3.8) is 0 Å². The zero-order chi connectivity index (χ0) is 17.9. The summed E-state index contributed by atoms with van der Waals surface area (Å²) in [6.45, 7) is 0. The number of amides is 2. The number of para-hydroxylation sites is 2. The number of carbonyl (C=O) groups is 2. The molecule has 1 aromatic heterocycles. The molecule has 0 fully saturated rings. The lowest BCUT2D eigenvalue weighted by Gasteiger charge is -2.24. The smallest absolute Gasteiger partial charge is 0.227 e. The number of hydrogen-bond acceptors (Lipinski definition) is 3. The minimum Gasteiger partial charge on any atom is -0.326 e. The van der Waals surface area contributed by atoms with Gasteiger partial charge in [-0.3, -0.25) is 9.59 Å². The highest BCUT2D eigenvalue weighted by atomic mass is 16.2. The zero-order valence-corrected chi connectivity index (χ0v) is 14.2. The lowest BCUT2D eigenvalue weighted by atomic mass is 9.89. The number of anilines is 2. The van der Waals surface area contributed by atoms with E-state index in [0.717, 1.165) is 22.2 Å². The Morgan fingerprint density at radius 2 is 1.88 bits per heavy atom. The Hall–Kier alpha value is -3.21. The van der Waals surface area contributed by atoms with Gasteiger partial charge < -0.3 is 10.6 Å². The average Bonchev–Trinajstić information content (AvgIpc) is 2.66. The van der Waals surface area contributed by atoms with Crippen molar-refractivity contribution in [2.75, 3.05) is 10.6 Å². The Morgan fingerprint density at radius 1 is 1.08 bits per heavy atom. The van der Waals surface area contributed by atoms with E-state index in [1.165, 1.54) is 0 Å². The third kappa shape index (κ3) is 3.42. The molecule has 0 radical (unpaired) electrons. The van der Waals surface area contributed by atoms with Crippen LogP contribution in [0, 0.1) is 5.92 Å². The van der Waals surface area contributed by atoms with Crippen LogP contribution in [0.4, 0.5) is 11.5 Å². The van der Waals surface area contributed by atoms with Crippen LogP contribution >= 0.6 is 0 Å². The molecule has 130 valence electrons. The molecule has 0 saturated heterocycles. The molecule has 1 atom stereocenters. The van der Waals surface area contributed by atoms with E-state index in [2.05, 4.69) is 15.6 Å². The molecule has 2 N–H and O–H groups in total. The Morgan fingerprint density at radius 3 is 2.81 bits per heavy atom. The van der Waals surface area contributed by atoms with E-state index in [-0.39, 0.29) is 24.2 Å². The van der Waals surface area contributed by atoms with Gasteiger partial charge in [-0.2, -0.15) is 0 Å². The molecule has 0 saturated carbocycles. The van der Waals surface area contributed by atoms with E-state index in [9.17, 15) is 9.59 Å². The first kappa shape index (κ1) is 16.3. The van der Waals surface area contributed by atoms with Crippen LogP contribution < -0.4 is 10.6 Å². The van der Waals surface area contributed by atoms with Crippen molar-refractivity contribution in [3.05, 3.63) is 66.2 Å². The number of benzene rings is 2. The second-order valence-electron chi connectivity index (χ2n) is 6.52. The van der Waals surface area contributed by atoms with Crippen LogP contribution in [0.3, 0.4) is 0 Å². The summed E-state index contributed by atoms with van der Waals surface area (Å²) in [5.41, 5.74) is 2.83. The summed E-state index contributed by atoms with van der Waals surface area (Å²) in [4.78, 5) is 28.9. The summed E-state index contributed by atoms with van der Waals surface area (Å²) >= 11 is 0. The van der Waals surface area contributed by atoms with Crippen molar-refractivity contribution in [3.8, 4) is 0 Å².